The van der Waals surface area contributed by atoms with Crippen LogP contribution in [0.3, 0.4) is 0 Å². The van der Waals surface area contributed by atoms with Crippen molar-refractivity contribution in [2.24, 2.45) is 0 Å². The standard InChI is InChI=1S/C12H6Cl2N2O2S/c13-6-1-5-2-9(18-11(5)7(14)3-6)10(17)8-4-19-12(15)16-8/h1-4H,(H2,15,16). The molecule has 0 radical (unpaired) electrons. The van der Waals surface area contributed by atoms with Gasteiger partial charge in [0.25, 0.3) is 0 Å². The zero-order valence-corrected chi connectivity index (χ0v) is 11.6. The SMILES string of the molecule is Nc1nc(C(=O)c2cc3cc(Cl)cc(Cl)c3o2)cs1. The molecule has 0 amide bonds. The Morgan fingerprint density at radius 3 is 2.79 bits per heavy atom. The largest absolute Gasteiger partial charge is 0.451 e. The molecule has 0 atom stereocenters. The third-order valence-corrected chi connectivity index (χ3v) is 3.69. The molecule has 0 spiro atoms. The molecule has 0 aliphatic carbocycles. The van der Waals surface area contributed by atoms with Crippen molar-refractivity contribution in [3.05, 3.63) is 45.1 Å². The molecule has 3 aromatic rings. The van der Waals surface area contributed by atoms with E-state index in [9.17, 15) is 4.79 Å². The number of carbonyl (C=O) groups is 1. The molecule has 0 saturated heterocycles. The highest BCUT2D eigenvalue weighted by Crippen LogP contribution is 2.31. The number of nitrogens with zero attached hydrogens (tertiary/aromatic N) is 1. The van der Waals surface area contributed by atoms with Crippen LogP contribution in [-0.4, -0.2) is 10.8 Å². The van der Waals surface area contributed by atoms with Gasteiger partial charge in [-0.3, -0.25) is 4.79 Å². The van der Waals surface area contributed by atoms with E-state index in [-0.39, 0.29) is 17.2 Å². The minimum Gasteiger partial charge on any atom is -0.451 e. The number of benzene rings is 1. The number of halogens is 2. The van der Waals surface area contributed by atoms with Crippen LogP contribution in [-0.2, 0) is 0 Å². The number of ketones is 1. The number of anilines is 1. The number of hydrogen-bond acceptors (Lipinski definition) is 5. The van der Waals surface area contributed by atoms with E-state index in [1.54, 1.807) is 23.6 Å². The summed E-state index contributed by atoms with van der Waals surface area (Å²) in [4.78, 5) is 16.1. The van der Waals surface area contributed by atoms with Gasteiger partial charge in [-0.1, -0.05) is 23.2 Å². The first-order chi connectivity index (χ1) is 9.04. The van der Waals surface area contributed by atoms with E-state index in [0.717, 1.165) is 0 Å². The summed E-state index contributed by atoms with van der Waals surface area (Å²) in [6.45, 7) is 0. The summed E-state index contributed by atoms with van der Waals surface area (Å²) in [5.41, 5.74) is 6.18. The van der Waals surface area contributed by atoms with Crippen molar-refractivity contribution in [3.63, 3.8) is 0 Å². The van der Waals surface area contributed by atoms with Gasteiger partial charge in [-0.05, 0) is 18.2 Å². The average molecular weight is 313 g/mol. The van der Waals surface area contributed by atoms with Gasteiger partial charge in [0, 0.05) is 15.8 Å². The third kappa shape index (κ3) is 2.20. The van der Waals surface area contributed by atoms with E-state index >= 15 is 0 Å². The van der Waals surface area contributed by atoms with Crippen LogP contribution in [0, 0.1) is 0 Å². The number of nitrogens with two attached hydrogens (primary N) is 1. The van der Waals surface area contributed by atoms with Crippen molar-refractivity contribution >= 4 is 56.4 Å². The van der Waals surface area contributed by atoms with Gasteiger partial charge in [0.15, 0.2) is 16.5 Å². The summed E-state index contributed by atoms with van der Waals surface area (Å²) in [5.74, 6) is -0.180. The van der Waals surface area contributed by atoms with Crippen molar-refractivity contribution in [1.29, 1.82) is 0 Å². The minimum atomic E-state index is -0.337. The van der Waals surface area contributed by atoms with E-state index < -0.39 is 0 Å². The number of carbonyl (C=O) groups excluding carboxylic acids is 1. The second-order valence-electron chi connectivity index (χ2n) is 3.82. The fraction of sp³-hybridized carbons (Fsp3) is 0. The van der Waals surface area contributed by atoms with Crippen molar-refractivity contribution < 1.29 is 9.21 Å². The van der Waals surface area contributed by atoms with Crippen LogP contribution >= 0.6 is 34.5 Å². The lowest BCUT2D eigenvalue weighted by atomic mass is 10.2. The maximum absolute atomic E-state index is 12.1. The summed E-state index contributed by atoms with van der Waals surface area (Å²) in [5, 5.41) is 3.43. The zero-order valence-electron chi connectivity index (χ0n) is 9.31. The van der Waals surface area contributed by atoms with Gasteiger partial charge in [0.05, 0.1) is 5.02 Å². The van der Waals surface area contributed by atoms with Gasteiger partial charge >= 0.3 is 0 Å². The molecular weight excluding hydrogens is 307 g/mol. The summed E-state index contributed by atoms with van der Waals surface area (Å²) < 4.78 is 5.46. The summed E-state index contributed by atoms with van der Waals surface area (Å²) in [6.07, 6.45) is 0. The van der Waals surface area contributed by atoms with Gasteiger partial charge in [-0.25, -0.2) is 4.98 Å². The maximum atomic E-state index is 12.1. The summed E-state index contributed by atoms with van der Waals surface area (Å²) in [6, 6.07) is 4.83. The molecular formula is C12H6Cl2N2O2S. The molecule has 2 N–H and O–H groups in total. The predicted molar refractivity (Wildman–Crippen MR) is 76.2 cm³/mol. The Balaban J connectivity index is 2.11. The minimum absolute atomic E-state index is 0.157. The topological polar surface area (TPSA) is 69.1 Å². The van der Waals surface area contributed by atoms with E-state index in [0.29, 0.717) is 26.1 Å². The lowest BCUT2D eigenvalue weighted by Gasteiger charge is -1.93. The van der Waals surface area contributed by atoms with Crippen molar-refractivity contribution in [1.82, 2.24) is 4.98 Å². The lowest BCUT2D eigenvalue weighted by Crippen LogP contribution is -2.00. The molecule has 4 nitrogen and oxygen atoms in total. The number of fused-ring (bicyclic) bond motifs is 1. The fourth-order valence-electron chi connectivity index (χ4n) is 1.71. The molecule has 0 saturated carbocycles. The predicted octanol–water partition coefficient (Wildman–Crippen LogP) is 4.01. The first-order valence-electron chi connectivity index (χ1n) is 5.19. The highest BCUT2D eigenvalue weighted by molar-refractivity contribution is 7.13. The number of nitrogen functional groups attached to an aromatic ring is 1. The molecule has 7 heteroatoms. The number of aromatic nitrogens is 1. The second kappa shape index (κ2) is 4.52. The molecule has 0 bridgehead atoms. The van der Waals surface area contributed by atoms with Crippen LogP contribution in [0.2, 0.25) is 10.0 Å². The third-order valence-electron chi connectivity index (χ3n) is 2.51. The first kappa shape index (κ1) is 12.5. The van der Waals surface area contributed by atoms with E-state index in [4.69, 9.17) is 33.4 Å². The smallest absolute Gasteiger partial charge is 0.247 e. The van der Waals surface area contributed by atoms with Gasteiger partial charge in [-0.2, -0.15) is 0 Å². The van der Waals surface area contributed by atoms with Crippen LogP contribution < -0.4 is 5.73 Å². The molecule has 0 fully saturated rings. The van der Waals surface area contributed by atoms with Gasteiger partial charge in [0.2, 0.25) is 5.78 Å². The maximum Gasteiger partial charge on any atom is 0.247 e. The van der Waals surface area contributed by atoms with Crippen LogP contribution in [0.1, 0.15) is 16.2 Å². The molecule has 1 aromatic carbocycles. The second-order valence-corrected chi connectivity index (χ2v) is 5.55. The molecule has 2 heterocycles. The average Bonchev–Trinajstić information content (AvgIpc) is 2.94. The molecule has 96 valence electrons. The summed E-state index contributed by atoms with van der Waals surface area (Å²) >= 11 is 13.1. The Bertz CT molecular complexity index is 794. The Hall–Kier alpha value is -1.56. The van der Waals surface area contributed by atoms with Crippen molar-refractivity contribution in [2.45, 2.75) is 0 Å². The van der Waals surface area contributed by atoms with Crippen molar-refractivity contribution in [3.8, 4) is 0 Å². The molecule has 2 aromatic heterocycles. The first-order valence-corrected chi connectivity index (χ1v) is 6.82. The van der Waals surface area contributed by atoms with Crippen LogP contribution in [0.5, 0.6) is 0 Å². The Morgan fingerprint density at radius 2 is 2.11 bits per heavy atom. The summed E-state index contributed by atoms with van der Waals surface area (Å²) in [7, 11) is 0. The molecule has 19 heavy (non-hydrogen) atoms. The zero-order chi connectivity index (χ0) is 13.6. The van der Waals surface area contributed by atoms with Crippen molar-refractivity contribution in [2.75, 3.05) is 5.73 Å². The Labute approximate surface area is 121 Å². The van der Waals surface area contributed by atoms with Crippen LogP contribution in [0.4, 0.5) is 5.13 Å². The van der Waals surface area contributed by atoms with Crippen LogP contribution in [0.15, 0.2) is 28.0 Å². The fourth-order valence-corrected chi connectivity index (χ4v) is 2.80. The normalized spacial score (nSPS) is 11.1. The number of hydrogen-bond donors (Lipinski definition) is 1. The molecule has 0 unspecified atom stereocenters. The van der Waals surface area contributed by atoms with Gasteiger partial charge in [0.1, 0.15) is 5.69 Å². The van der Waals surface area contributed by atoms with Gasteiger partial charge < -0.3 is 10.2 Å². The van der Waals surface area contributed by atoms with Crippen LogP contribution in [0.25, 0.3) is 11.0 Å². The van der Waals surface area contributed by atoms with E-state index in [1.807, 2.05) is 0 Å². The monoisotopic (exact) mass is 312 g/mol. The molecule has 3 rings (SSSR count). The van der Waals surface area contributed by atoms with E-state index in [1.165, 1.54) is 11.3 Å². The quantitative estimate of drug-likeness (QED) is 0.726. The molecule has 0 aliphatic heterocycles. The van der Waals surface area contributed by atoms with Gasteiger partial charge in [-0.15, -0.1) is 11.3 Å². The van der Waals surface area contributed by atoms with E-state index in [2.05, 4.69) is 4.98 Å². The number of furan rings is 1. The Kier molecular flexibility index (Phi) is 2.97. The lowest BCUT2D eigenvalue weighted by molar-refractivity contribution is 0.101. The highest BCUT2D eigenvalue weighted by atomic mass is 35.5. The Morgan fingerprint density at radius 1 is 1.32 bits per heavy atom. The number of rotatable bonds is 2. The highest BCUT2D eigenvalue weighted by Gasteiger charge is 2.18. The number of thiazole rings is 1. The molecule has 0 aliphatic rings.